The highest BCUT2D eigenvalue weighted by molar-refractivity contribution is 7.22. The summed E-state index contributed by atoms with van der Waals surface area (Å²) in [7, 11) is 0. The smallest absolute Gasteiger partial charge is 0.124 e. The fraction of sp³-hybridized carbons (Fsp3) is 0.0444. The highest BCUT2D eigenvalue weighted by atomic mass is 32.1. The van der Waals surface area contributed by atoms with Gasteiger partial charge in [-0.2, -0.15) is 0 Å². The van der Waals surface area contributed by atoms with E-state index >= 15 is 0 Å². The second-order valence-corrected chi connectivity index (χ2v) is 13.7. The van der Waals surface area contributed by atoms with Crippen LogP contribution in [-0.2, 0) is 0 Å². The molecule has 1 aliphatic heterocycles. The number of para-hydroxylation sites is 2. The first-order valence-electron chi connectivity index (χ1n) is 16.8. The molecule has 2 atom stereocenters. The first-order chi connectivity index (χ1) is 24.3. The van der Waals surface area contributed by atoms with E-state index in [4.69, 9.17) is 4.98 Å². The molecule has 2 aliphatic rings. The second-order valence-electron chi connectivity index (χ2n) is 12.7. The fourth-order valence-corrected chi connectivity index (χ4v) is 8.97. The van der Waals surface area contributed by atoms with Crippen LogP contribution in [0.25, 0.3) is 42.3 Å². The van der Waals surface area contributed by atoms with Crippen LogP contribution in [0.1, 0.15) is 11.5 Å². The summed E-state index contributed by atoms with van der Waals surface area (Å²) in [6, 6.07) is 54.9. The molecule has 7 aromatic carbocycles. The molecular formula is C45H31N3S. The Morgan fingerprint density at radius 2 is 1.27 bits per heavy atom. The Hall–Kier alpha value is -5.97. The van der Waals surface area contributed by atoms with Gasteiger partial charge in [0.15, 0.2) is 0 Å². The predicted molar refractivity (Wildman–Crippen MR) is 208 cm³/mol. The second kappa shape index (κ2) is 11.3. The van der Waals surface area contributed by atoms with E-state index in [1.807, 2.05) is 0 Å². The van der Waals surface area contributed by atoms with Gasteiger partial charge in [-0.1, -0.05) is 127 Å². The zero-order chi connectivity index (χ0) is 32.3. The number of rotatable bonds is 5. The first kappa shape index (κ1) is 28.1. The van der Waals surface area contributed by atoms with Crippen molar-refractivity contribution in [1.29, 1.82) is 0 Å². The molecule has 0 amide bonds. The zero-order valence-corrected chi connectivity index (χ0v) is 27.5. The number of nitrogens with zero attached hydrogens (tertiary/aromatic N) is 3. The standard InChI is InChI=1S/C45H31N3S/c1-4-15-30(16-5-1)45-46-38-28-27-34-33-21-10-11-22-35(33)42(29-37(34)44(38)49-45)48(32-19-8-3-9-20-32)41-26-14-25-40-43(41)36-23-12-13-24-39(36)47(40)31-17-6-2-7-18-31/h1-29,36,39H. The van der Waals surface area contributed by atoms with Crippen molar-refractivity contribution in [3.8, 4) is 10.6 Å². The van der Waals surface area contributed by atoms with E-state index in [9.17, 15) is 0 Å². The Kier molecular flexibility index (Phi) is 6.49. The number of thiazole rings is 1. The lowest BCUT2D eigenvalue weighted by Crippen LogP contribution is -2.28. The Morgan fingerprint density at radius 3 is 2.08 bits per heavy atom. The molecule has 10 rings (SSSR count). The molecule has 8 aromatic rings. The minimum Gasteiger partial charge on any atom is -0.333 e. The number of aromatic nitrogens is 1. The van der Waals surface area contributed by atoms with Gasteiger partial charge in [0.1, 0.15) is 5.01 Å². The van der Waals surface area contributed by atoms with Crippen LogP contribution in [0.4, 0.5) is 28.4 Å². The Bertz CT molecular complexity index is 2570. The minimum atomic E-state index is 0.197. The van der Waals surface area contributed by atoms with Crippen LogP contribution in [0.15, 0.2) is 176 Å². The molecule has 0 spiro atoms. The van der Waals surface area contributed by atoms with Gasteiger partial charge in [-0.05, 0) is 59.3 Å². The van der Waals surface area contributed by atoms with E-state index in [1.54, 1.807) is 11.3 Å². The van der Waals surface area contributed by atoms with Crippen LogP contribution in [0.2, 0.25) is 0 Å². The molecule has 232 valence electrons. The SMILES string of the molecule is C1=CC2c3c(N(c4ccccc4)c4cc5c(ccc6nc(-c7ccccc7)sc65)c5ccccc45)cccc3N(c3ccccc3)C2C=C1. The maximum Gasteiger partial charge on any atom is 0.124 e. The Labute approximate surface area is 289 Å². The molecule has 1 aliphatic carbocycles. The van der Waals surface area contributed by atoms with Crippen LogP contribution in [0, 0.1) is 0 Å². The van der Waals surface area contributed by atoms with Gasteiger partial charge in [-0.25, -0.2) is 4.98 Å². The molecule has 0 saturated carbocycles. The minimum absolute atomic E-state index is 0.197. The van der Waals surface area contributed by atoms with E-state index in [0.717, 1.165) is 27.5 Å². The van der Waals surface area contributed by atoms with Crippen molar-refractivity contribution in [2.24, 2.45) is 0 Å². The number of benzene rings is 7. The average Bonchev–Trinajstić information content (AvgIpc) is 3.77. The molecule has 0 saturated heterocycles. The van der Waals surface area contributed by atoms with E-state index in [-0.39, 0.29) is 12.0 Å². The summed E-state index contributed by atoms with van der Waals surface area (Å²) in [6.07, 6.45) is 9.13. The summed E-state index contributed by atoms with van der Waals surface area (Å²) < 4.78 is 1.21. The maximum atomic E-state index is 5.12. The van der Waals surface area contributed by atoms with Gasteiger partial charge in [-0.15, -0.1) is 11.3 Å². The van der Waals surface area contributed by atoms with Gasteiger partial charge >= 0.3 is 0 Å². The molecule has 1 aromatic heterocycles. The van der Waals surface area contributed by atoms with Crippen LogP contribution in [-0.4, -0.2) is 11.0 Å². The lowest BCUT2D eigenvalue weighted by atomic mass is 9.89. The Balaban J connectivity index is 1.26. The first-order valence-corrected chi connectivity index (χ1v) is 17.6. The quantitative estimate of drug-likeness (QED) is 0.174. The topological polar surface area (TPSA) is 19.4 Å². The third-order valence-electron chi connectivity index (χ3n) is 9.98. The van der Waals surface area contributed by atoms with E-state index in [1.165, 1.54) is 48.9 Å². The summed E-state index contributed by atoms with van der Waals surface area (Å²) >= 11 is 1.78. The van der Waals surface area contributed by atoms with Gasteiger partial charge in [-0.3, -0.25) is 0 Å². The van der Waals surface area contributed by atoms with Crippen molar-refractivity contribution in [3.05, 3.63) is 182 Å². The summed E-state index contributed by atoms with van der Waals surface area (Å²) in [5.41, 5.74) is 9.47. The van der Waals surface area contributed by atoms with Gasteiger partial charge in [0.2, 0.25) is 0 Å². The van der Waals surface area contributed by atoms with Crippen molar-refractivity contribution in [1.82, 2.24) is 4.98 Å². The number of allylic oxidation sites excluding steroid dienone is 2. The van der Waals surface area contributed by atoms with Crippen LogP contribution in [0.5, 0.6) is 0 Å². The van der Waals surface area contributed by atoms with Crippen molar-refractivity contribution < 1.29 is 0 Å². The summed E-state index contributed by atoms with van der Waals surface area (Å²) in [4.78, 5) is 10.1. The van der Waals surface area contributed by atoms with E-state index in [2.05, 4.69) is 186 Å². The molecule has 2 unspecified atom stereocenters. The average molecular weight is 646 g/mol. The lowest BCUT2D eigenvalue weighted by molar-refractivity contribution is 0.744. The predicted octanol–water partition coefficient (Wildman–Crippen LogP) is 12.5. The highest BCUT2D eigenvalue weighted by Crippen LogP contribution is 2.54. The van der Waals surface area contributed by atoms with E-state index < -0.39 is 0 Å². The normalized spacial score (nSPS) is 16.4. The van der Waals surface area contributed by atoms with Crippen molar-refractivity contribution in [2.45, 2.75) is 12.0 Å². The summed E-state index contributed by atoms with van der Waals surface area (Å²) in [5.74, 6) is 0.205. The van der Waals surface area contributed by atoms with Crippen molar-refractivity contribution in [2.75, 3.05) is 9.80 Å². The Morgan fingerprint density at radius 1 is 0.571 bits per heavy atom. The van der Waals surface area contributed by atoms with Gasteiger partial charge in [0, 0.05) is 44.9 Å². The third kappa shape index (κ3) is 4.45. The molecule has 2 heterocycles. The van der Waals surface area contributed by atoms with Gasteiger partial charge in [0.05, 0.1) is 27.6 Å². The van der Waals surface area contributed by atoms with Crippen molar-refractivity contribution in [3.63, 3.8) is 0 Å². The van der Waals surface area contributed by atoms with Crippen LogP contribution >= 0.6 is 11.3 Å². The fourth-order valence-electron chi connectivity index (χ4n) is 7.88. The third-order valence-corrected chi connectivity index (χ3v) is 11.1. The molecule has 0 radical (unpaired) electrons. The number of hydrogen-bond acceptors (Lipinski definition) is 4. The highest BCUT2D eigenvalue weighted by Gasteiger charge is 2.40. The molecular weight excluding hydrogens is 615 g/mol. The van der Waals surface area contributed by atoms with Gasteiger partial charge in [0.25, 0.3) is 0 Å². The van der Waals surface area contributed by atoms with E-state index in [0.29, 0.717) is 0 Å². The molecule has 3 nitrogen and oxygen atoms in total. The zero-order valence-electron chi connectivity index (χ0n) is 26.6. The van der Waals surface area contributed by atoms with Crippen LogP contribution < -0.4 is 9.80 Å². The van der Waals surface area contributed by atoms with Gasteiger partial charge < -0.3 is 9.80 Å². The molecule has 49 heavy (non-hydrogen) atoms. The largest absolute Gasteiger partial charge is 0.333 e. The van der Waals surface area contributed by atoms with Crippen LogP contribution in [0.3, 0.4) is 0 Å². The molecule has 0 bridgehead atoms. The number of anilines is 5. The lowest BCUT2D eigenvalue weighted by Gasteiger charge is -2.30. The monoisotopic (exact) mass is 645 g/mol. The summed E-state index contributed by atoms with van der Waals surface area (Å²) in [6.45, 7) is 0. The molecule has 0 fully saturated rings. The maximum absolute atomic E-state index is 5.12. The molecule has 4 heteroatoms. The van der Waals surface area contributed by atoms with Crippen molar-refractivity contribution >= 4 is 71.5 Å². The number of hydrogen-bond donors (Lipinski definition) is 0. The number of fused-ring (bicyclic) bond motifs is 8. The molecule has 0 N–H and O–H groups in total. The summed E-state index contributed by atoms with van der Waals surface area (Å²) in [5, 5.41) is 5.98.